The summed E-state index contributed by atoms with van der Waals surface area (Å²) >= 11 is 0. The summed E-state index contributed by atoms with van der Waals surface area (Å²) in [6, 6.07) is 63.6. The van der Waals surface area contributed by atoms with E-state index in [0.29, 0.717) is 11.3 Å². The lowest BCUT2D eigenvalue weighted by molar-refractivity contribution is 1.15. The quantitative estimate of drug-likeness (QED) is 0.169. The van der Waals surface area contributed by atoms with E-state index in [1.54, 1.807) is 0 Å². The van der Waals surface area contributed by atoms with Crippen molar-refractivity contribution >= 4 is 71.1 Å². The SMILES string of the molecule is [C-]#[N+]c1cccc2c1c1ccccc1n2-c1ccc(C#N)cc1-c1ccccc1-n1c2ccccc2c2c(-n3c4ccccc4c4ccccc43)cccc21. The summed E-state index contributed by atoms with van der Waals surface area (Å²) in [4.78, 5) is 3.92. The summed E-state index contributed by atoms with van der Waals surface area (Å²) < 4.78 is 7.03. The number of hydrogen-bond donors (Lipinski definition) is 0. The number of para-hydroxylation sites is 5. The van der Waals surface area contributed by atoms with Crippen LogP contribution in [-0.2, 0) is 0 Å². The van der Waals surface area contributed by atoms with Crippen molar-refractivity contribution in [1.29, 1.82) is 5.26 Å². The van der Waals surface area contributed by atoms with Crippen LogP contribution in [0.25, 0.3) is 98.5 Å². The van der Waals surface area contributed by atoms with Crippen molar-refractivity contribution in [2.45, 2.75) is 0 Å². The van der Waals surface area contributed by atoms with Gasteiger partial charge in [-0.1, -0.05) is 109 Å². The number of benzene rings is 8. The smallest absolute Gasteiger partial charge is 0.197 e. The molecule has 5 nitrogen and oxygen atoms in total. The van der Waals surface area contributed by atoms with Gasteiger partial charge in [0, 0.05) is 43.6 Å². The Kier molecular flexibility index (Phi) is 6.61. The second-order valence-corrected chi connectivity index (χ2v) is 13.9. The summed E-state index contributed by atoms with van der Waals surface area (Å²) in [7, 11) is 0. The van der Waals surface area contributed by atoms with Crippen molar-refractivity contribution < 1.29 is 0 Å². The van der Waals surface area contributed by atoms with Gasteiger partial charge < -0.3 is 13.7 Å². The van der Waals surface area contributed by atoms with E-state index in [2.05, 4.69) is 158 Å². The molecule has 0 unspecified atom stereocenters. The van der Waals surface area contributed by atoms with Crippen LogP contribution in [0.2, 0.25) is 0 Å². The molecular formula is C50H29N5. The number of nitrogens with zero attached hydrogens (tertiary/aromatic N) is 5. The Morgan fingerprint density at radius 2 is 0.855 bits per heavy atom. The summed E-state index contributed by atoms with van der Waals surface area (Å²) in [5, 5.41) is 17.0. The third-order valence-corrected chi connectivity index (χ3v) is 11.1. The molecule has 0 radical (unpaired) electrons. The fraction of sp³-hybridized carbons (Fsp3) is 0. The van der Waals surface area contributed by atoms with E-state index in [4.69, 9.17) is 6.57 Å². The zero-order chi connectivity index (χ0) is 36.6. The van der Waals surface area contributed by atoms with Crippen LogP contribution in [0, 0.1) is 17.9 Å². The highest BCUT2D eigenvalue weighted by atomic mass is 15.0. The van der Waals surface area contributed by atoms with Gasteiger partial charge in [-0.2, -0.15) is 5.26 Å². The lowest BCUT2D eigenvalue weighted by Gasteiger charge is -2.19. The topological polar surface area (TPSA) is 42.9 Å². The summed E-state index contributed by atoms with van der Waals surface area (Å²) in [5.41, 5.74) is 12.6. The van der Waals surface area contributed by atoms with Gasteiger partial charge in [0.05, 0.1) is 62.9 Å². The van der Waals surface area contributed by atoms with Gasteiger partial charge in [0.2, 0.25) is 0 Å². The van der Waals surface area contributed by atoms with Crippen molar-refractivity contribution in [3.05, 3.63) is 193 Å². The monoisotopic (exact) mass is 699 g/mol. The summed E-state index contributed by atoms with van der Waals surface area (Å²) in [6.07, 6.45) is 0. The first-order valence-corrected chi connectivity index (χ1v) is 18.3. The van der Waals surface area contributed by atoms with Gasteiger partial charge in [-0.05, 0) is 72.1 Å². The molecule has 0 fully saturated rings. The second kappa shape index (κ2) is 11.8. The Labute approximate surface area is 316 Å². The van der Waals surface area contributed by atoms with Crippen LogP contribution in [0.5, 0.6) is 0 Å². The van der Waals surface area contributed by atoms with Crippen LogP contribution < -0.4 is 0 Å². The Morgan fingerprint density at radius 3 is 1.49 bits per heavy atom. The van der Waals surface area contributed by atoms with Gasteiger partial charge in [0.15, 0.2) is 5.69 Å². The molecule has 3 aromatic heterocycles. The predicted octanol–water partition coefficient (Wildman–Crippen LogP) is 13.1. The molecule has 0 atom stereocenters. The van der Waals surface area contributed by atoms with Crippen molar-refractivity contribution in [3.63, 3.8) is 0 Å². The largest absolute Gasteiger partial charge is 0.310 e. The van der Waals surface area contributed by atoms with Gasteiger partial charge in [0.25, 0.3) is 0 Å². The zero-order valence-electron chi connectivity index (χ0n) is 29.5. The maximum Gasteiger partial charge on any atom is 0.197 e. The molecular weight excluding hydrogens is 671 g/mol. The first kappa shape index (κ1) is 30.7. The Morgan fingerprint density at radius 1 is 0.400 bits per heavy atom. The maximum atomic E-state index is 10.3. The van der Waals surface area contributed by atoms with Crippen LogP contribution in [0.15, 0.2) is 176 Å². The van der Waals surface area contributed by atoms with Crippen LogP contribution in [-0.4, -0.2) is 13.7 Å². The molecule has 0 N–H and O–H groups in total. The lowest BCUT2D eigenvalue weighted by atomic mass is 9.98. The number of fused-ring (bicyclic) bond motifs is 9. The average molecular weight is 700 g/mol. The normalized spacial score (nSPS) is 11.6. The molecule has 8 aromatic carbocycles. The fourth-order valence-corrected chi connectivity index (χ4v) is 8.89. The number of aromatic nitrogens is 3. The second-order valence-electron chi connectivity index (χ2n) is 13.9. The number of hydrogen-bond acceptors (Lipinski definition) is 1. The molecule has 0 saturated heterocycles. The highest BCUT2D eigenvalue weighted by Gasteiger charge is 2.23. The van der Waals surface area contributed by atoms with Crippen LogP contribution in [0.4, 0.5) is 5.69 Å². The van der Waals surface area contributed by atoms with E-state index in [-0.39, 0.29) is 0 Å². The van der Waals surface area contributed by atoms with Gasteiger partial charge >= 0.3 is 0 Å². The van der Waals surface area contributed by atoms with Crippen molar-refractivity contribution in [2.24, 2.45) is 0 Å². The maximum absolute atomic E-state index is 10.3. The van der Waals surface area contributed by atoms with E-state index < -0.39 is 0 Å². The number of rotatable bonds is 4. The lowest BCUT2D eigenvalue weighted by Crippen LogP contribution is -2.02. The van der Waals surface area contributed by atoms with Gasteiger partial charge in [-0.15, -0.1) is 0 Å². The summed E-state index contributed by atoms with van der Waals surface area (Å²) in [6.45, 7) is 8.00. The molecule has 11 aromatic rings. The Bertz CT molecular complexity index is 3420. The molecule has 5 heteroatoms. The molecule has 55 heavy (non-hydrogen) atoms. The summed E-state index contributed by atoms with van der Waals surface area (Å²) in [5.74, 6) is 0. The first-order chi connectivity index (χ1) is 27.2. The molecule has 0 bridgehead atoms. The molecule has 11 rings (SSSR count). The molecule has 0 amide bonds. The molecule has 0 aliphatic heterocycles. The molecule has 254 valence electrons. The molecule has 0 aliphatic carbocycles. The van der Waals surface area contributed by atoms with E-state index >= 15 is 0 Å². The minimum absolute atomic E-state index is 0.576. The van der Waals surface area contributed by atoms with Gasteiger partial charge in [-0.3, -0.25) is 0 Å². The van der Waals surface area contributed by atoms with Gasteiger partial charge in [0.1, 0.15) is 0 Å². The van der Waals surface area contributed by atoms with Crippen molar-refractivity contribution in [1.82, 2.24) is 13.7 Å². The first-order valence-electron chi connectivity index (χ1n) is 18.3. The minimum atomic E-state index is 0.576. The minimum Gasteiger partial charge on any atom is -0.310 e. The molecule has 0 spiro atoms. The van der Waals surface area contributed by atoms with Crippen LogP contribution in [0.1, 0.15) is 5.56 Å². The van der Waals surface area contributed by atoms with Crippen LogP contribution in [0.3, 0.4) is 0 Å². The highest BCUT2D eigenvalue weighted by Crippen LogP contribution is 2.44. The van der Waals surface area contributed by atoms with E-state index in [1.165, 1.54) is 27.2 Å². The average Bonchev–Trinajstić information content (AvgIpc) is 3.89. The van der Waals surface area contributed by atoms with E-state index in [0.717, 1.165) is 66.4 Å². The third-order valence-electron chi connectivity index (χ3n) is 11.1. The Hall–Kier alpha value is -7.86. The molecule has 0 aliphatic rings. The predicted molar refractivity (Wildman–Crippen MR) is 226 cm³/mol. The zero-order valence-corrected chi connectivity index (χ0v) is 29.5. The van der Waals surface area contributed by atoms with Crippen molar-refractivity contribution in [2.75, 3.05) is 0 Å². The molecule has 3 heterocycles. The Balaban J connectivity index is 1.23. The standard InChI is InChI=1S/C50H29N5/c1-52-39-19-12-25-46-49(39)36-17-5-10-23-43(36)55(46)45-29-28-32(31-51)30-38(45)35-16-4-9-22-42(35)54-44-24-11-6-18-37(44)50-47(26-13-27-48(50)54)53-40-20-7-2-14-33(40)34-15-3-8-21-41(34)53/h2-30H. The third kappa shape index (κ3) is 4.33. The number of nitriles is 1. The van der Waals surface area contributed by atoms with Gasteiger partial charge in [-0.25, -0.2) is 4.85 Å². The van der Waals surface area contributed by atoms with E-state index in [1.807, 2.05) is 42.5 Å². The van der Waals surface area contributed by atoms with Crippen LogP contribution >= 0.6 is 0 Å². The molecule has 0 saturated carbocycles. The van der Waals surface area contributed by atoms with Crippen molar-refractivity contribution in [3.8, 4) is 34.3 Å². The highest BCUT2D eigenvalue weighted by molar-refractivity contribution is 6.18. The fourth-order valence-electron chi connectivity index (χ4n) is 8.89. The van der Waals surface area contributed by atoms with E-state index in [9.17, 15) is 5.26 Å².